The number of hydrogen-bond donors (Lipinski definition) is 4. The zero-order valence-corrected chi connectivity index (χ0v) is 23.9. The van der Waals surface area contributed by atoms with E-state index in [-0.39, 0.29) is 23.7 Å². The van der Waals surface area contributed by atoms with E-state index in [1.54, 1.807) is 31.4 Å². The zero-order valence-electron chi connectivity index (χ0n) is 22.3. The number of amides is 4. The molecule has 4 aromatic rings. The molecule has 2 aromatic carbocycles. The summed E-state index contributed by atoms with van der Waals surface area (Å²) in [6, 6.07) is 14.0. The Hall–Kier alpha value is -4.49. The number of carbonyl (C=O) groups excluding carboxylic acids is 3. The highest BCUT2D eigenvalue weighted by Crippen LogP contribution is 2.38. The number of benzene rings is 2. The molecule has 0 aliphatic carbocycles. The number of ether oxygens (including phenoxy) is 1. The average Bonchev–Trinajstić information content (AvgIpc) is 3.71. The Labute approximate surface area is 244 Å². The van der Waals surface area contributed by atoms with Gasteiger partial charge in [0.05, 0.1) is 12.8 Å². The first-order valence-electron chi connectivity index (χ1n) is 13.0. The second kappa shape index (κ2) is 12.8. The Morgan fingerprint density at radius 2 is 1.98 bits per heavy atom. The monoisotopic (exact) mass is 591 g/mol. The minimum Gasteiger partial charge on any atom is -0.497 e. The van der Waals surface area contributed by atoms with Gasteiger partial charge in [0.2, 0.25) is 5.91 Å². The van der Waals surface area contributed by atoms with E-state index in [1.807, 2.05) is 34.5 Å². The number of nitrogens with zero attached hydrogens (tertiary/aromatic N) is 3. The zero-order chi connectivity index (χ0) is 28.8. The first-order chi connectivity index (χ1) is 19.9. The van der Waals surface area contributed by atoms with E-state index in [9.17, 15) is 14.4 Å². The normalized spacial score (nSPS) is 12.8. The van der Waals surface area contributed by atoms with Crippen molar-refractivity contribution in [2.45, 2.75) is 19.3 Å². The van der Waals surface area contributed by atoms with Crippen LogP contribution >= 0.6 is 22.7 Å². The second-order valence-electron chi connectivity index (χ2n) is 9.26. The summed E-state index contributed by atoms with van der Waals surface area (Å²) in [7, 11) is 1.56. The van der Waals surface area contributed by atoms with Gasteiger partial charge in [0.1, 0.15) is 21.5 Å². The van der Waals surface area contributed by atoms with Gasteiger partial charge in [-0.2, -0.15) is 0 Å². The highest BCUT2D eigenvalue weighted by Gasteiger charge is 2.20. The molecule has 0 radical (unpaired) electrons. The van der Waals surface area contributed by atoms with E-state index in [0.29, 0.717) is 57.9 Å². The van der Waals surface area contributed by atoms with Gasteiger partial charge >= 0.3 is 6.03 Å². The van der Waals surface area contributed by atoms with Crippen LogP contribution in [0.25, 0.3) is 21.1 Å². The molecule has 1 aliphatic rings. The van der Waals surface area contributed by atoms with Crippen LogP contribution in [0, 0.1) is 0 Å². The van der Waals surface area contributed by atoms with E-state index in [0.717, 1.165) is 24.2 Å². The van der Waals surface area contributed by atoms with Gasteiger partial charge in [0.25, 0.3) is 5.91 Å². The van der Waals surface area contributed by atoms with Gasteiger partial charge in [-0.3, -0.25) is 14.9 Å². The van der Waals surface area contributed by atoms with Crippen LogP contribution < -0.4 is 26.4 Å². The van der Waals surface area contributed by atoms with Crippen LogP contribution in [-0.4, -0.2) is 59.5 Å². The first kappa shape index (κ1) is 28.1. The molecular weight excluding hydrogens is 562 g/mol. The lowest BCUT2D eigenvalue weighted by Crippen LogP contribution is -2.32. The van der Waals surface area contributed by atoms with Crippen LogP contribution in [0.1, 0.15) is 29.6 Å². The van der Waals surface area contributed by atoms with Crippen molar-refractivity contribution in [3.05, 3.63) is 59.5 Å². The maximum absolute atomic E-state index is 12.7. The topological polar surface area (TPSA) is 152 Å². The molecule has 1 saturated heterocycles. The SMILES string of the molecule is COc1cccc(C(=O)Nc2cccc(-c3csc(-c4sc(NC(=O)NCCCN5CCCC5=O)nc4N)n3)c2)c1. The van der Waals surface area contributed by atoms with Crippen LogP contribution in [0.4, 0.5) is 21.4 Å². The van der Waals surface area contributed by atoms with Crippen LogP contribution in [0.2, 0.25) is 0 Å². The number of methoxy groups -OCH3 is 1. The van der Waals surface area contributed by atoms with E-state index >= 15 is 0 Å². The molecule has 0 atom stereocenters. The van der Waals surface area contributed by atoms with Gasteiger partial charge in [-0.15, -0.1) is 11.3 Å². The lowest BCUT2D eigenvalue weighted by Gasteiger charge is -2.15. The Morgan fingerprint density at radius 3 is 2.78 bits per heavy atom. The number of nitrogens with two attached hydrogens (primary N) is 1. The molecule has 212 valence electrons. The minimum absolute atomic E-state index is 0.175. The molecule has 41 heavy (non-hydrogen) atoms. The highest BCUT2D eigenvalue weighted by molar-refractivity contribution is 7.23. The van der Waals surface area contributed by atoms with Crippen molar-refractivity contribution in [1.29, 1.82) is 0 Å². The molecule has 5 N–H and O–H groups in total. The van der Waals surface area contributed by atoms with Crippen molar-refractivity contribution in [3.63, 3.8) is 0 Å². The molecule has 4 amide bonds. The summed E-state index contributed by atoms with van der Waals surface area (Å²) in [5.74, 6) is 0.810. The number of rotatable bonds is 10. The van der Waals surface area contributed by atoms with Crippen LogP contribution in [0.3, 0.4) is 0 Å². The number of aromatic nitrogens is 2. The number of likely N-dealkylation sites (tertiary alicyclic amines) is 1. The number of anilines is 3. The molecule has 1 fully saturated rings. The van der Waals surface area contributed by atoms with Gasteiger partial charge < -0.3 is 26.0 Å². The molecular formula is C28H29N7O4S2. The molecule has 13 heteroatoms. The Morgan fingerprint density at radius 1 is 1.12 bits per heavy atom. The number of hydrogen-bond acceptors (Lipinski definition) is 9. The quantitative estimate of drug-likeness (QED) is 0.191. The fourth-order valence-electron chi connectivity index (χ4n) is 4.33. The predicted octanol–water partition coefficient (Wildman–Crippen LogP) is 4.91. The van der Waals surface area contributed by atoms with Gasteiger partial charge in [0, 0.05) is 48.2 Å². The summed E-state index contributed by atoms with van der Waals surface area (Å²) in [5, 5.41) is 11.4. The molecule has 0 spiro atoms. The summed E-state index contributed by atoms with van der Waals surface area (Å²) < 4.78 is 5.20. The number of nitrogen functional groups attached to an aromatic ring is 1. The number of carbonyl (C=O) groups is 3. The summed E-state index contributed by atoms with van der Waals surface area (Å²) in [4.78, 5) is 48.2. The third kappa shape index (κ3) is 6.99. The number of nitrogens with one attached hydrogen (secondary N) is 3. The molecule has 0 bridgehead atoms. The van der Waals surface area contributed by atoms with Crippen molar-refractivity contribution >= 4 is 57.2 Å². The van der Waals surface area contributed by atoms with Crippen LogP contribution in [-0.2, 0) is 4.79 Å². The predicted molar refractivity (Wildman–Crippen MR) is 161 cm³/mol. The molecule has 3 heterocycles. The average molecular weight is 592 g/mol. The largest absolute Gasteiger partial charge is 0.497 e. The van der Waals surface area contributed by atoms with E-state index in [2.05, 4.69) is 20.9 Å². The lowest BCUT2D eigenvalue weighted by molar-refractivity contribution is -0.127. The van der Waals surface area contributed by atoms with Crippen LogP contribution in [0.5, 0.6) is 5.75 Å². The Balaban J connectivity index is 1.18. The lowest BCUT2D eigenvalue weighted by atomic mass is 10.1. The smallest absolute Gasteiger partial charge is 0.321 e. The van der Waals surface area contributed by atoms with Crippen molar-refractivity contribution in [2.24, 2.45) is 0 Å². The maximum Gasteiger partial charge on any atom is 0.321 e. The summed E-state index contributed by atoms with van der Waals surface area (Å²) in [6.07, 6.45) is 2.19. The van der Waals surface area contributed by atoms with Gasteiger partial charge in [-0.05, 0) is 43.2 Å². The Bertz CT molecular complexity index is 1570. The molecule has 1 aliphatic heterocycles. The standard InChI is InChI=1S/C28H29N7O4S2/c1-39-20-9-3-7-18(15-20)25(37)31-19-8-2-6-17(14-19)21-16-40-26(32-21)23-24(29)33-28(41-23)34-27(38)30-11-5-13-35-12-4-10-22(35)36/h2-3,6-9,14-16H,4-5,10-13,29H2,1H3,(H,31,37)(H2,30,33,34,38). The van der Waals surface area contributed by atoms with Gasteiger partial charge in [-0.1, -0.05) is 29.5 Å². The summed E-state index contributed by atoms with van der Waals surface area (Å²) in [5.41, 5.74) is 8.82. The second-order valence-corrected chi connectivity index (χ2v) is 11.1. The van der Waals surface area contributed by atoms with E-state index in [4.69, 9.17) is 15.5 Å². The molecule has 5 rings (SSSR count). The summed E-state index contributed by atoms with van der Waals surface area (Å²) in [6.45, 7) is 1.87. The Kier molecular flexibility index (Phi) is 8.75. The van der Waals surface area contributed by atoms with Gasteiger partial charge in [0.15, 0.2) is 5.13 Å². The van der Waals surface area contributed by atoms with Crippen molar-refractivity contribution in [2.75, 3.05) is 43.1 Å². The number of thiazole rings is 2. The van der Waals surface area contributed by atoms with E-state index < -0.39 is 0 Å². The highest BCUT2D eigenvalue weighted by atomic mass is 32.1. The molecule has 0 unspecified atom stereocenters. The fourth-order valence-corrected chi connectivity index (χ4v) is 6.13. The van der Waals surface area contributed by atoms with Gasteiger partial charge in [-0.25, -0.2) is 14.8 Å². The third-order valence-corrected chi connectivity index (χ3v) is 8.36. The van der Waals surface area contributed by atoms with Crippen LogP contribution in [0.15, 0.2) is 53.9 Å². The maximum atomic E-state index is 12.7. The van der Waals surface area contributed by atoms with Crippen molar-refractivity contribution in [1.82, 2.24) is 20.2 Å². The van der Waals surface area contributed by atoms with Crippen molar-refractivity contribution in [3.8, 4) is 26.9 Å². The minimum atomic E-state index is -0.384. The fraction of sp³-hybridized carbons (Fsp3) is 0.250. The first-order valence-corrected chi connectivity index (χ1v) is 14.7. The summed E-state index contributed by atoms with van der Waals surface area (Å²) >= 11 is 2.65. The third-order valence-electron chi connectivity index (χ3n) is 6.38. The van der Waals surface area contributed by atoms with E-state index in [1.165, 1.54) is 22.7 Å². The number of urea groups is 1. The molecule has 0 saturated carbocycles. The van der Waals surface area contributed by atoms with Crippen molar-refractivity contribution < 1.29 is 19.1 Å². The molecule has 2 aromatic heterocycles. The molecule has 11 nitrogen and oxygen atoms in total.